The topological polar surface area (TPSA) is 98.7 Å². The van der Waals surface area contributed by atoms with Gasteiger partial charge >= 0.3 is 5.97 Å². The number of carbonyl (C=O) groups is 2. The molecule has 0 spiro atoms. The molecule has 0 radical (unpaired) electrons. The number of aromatic carboxylic acids is 1. The highest BCUT2D eigenvalue weighted by Crippen LogP contribution is 2.30. The van der Waals surface area contributed by atoms with E-state index in [9.17, 15) is 14.7 Å². The van der Waals surface area contributed by atoms with Crippen LogP contribution in [-0.2, 0) is 4.79 Å². The Morgan fingerprint density at radius 3 is 2.60 bits per heavy atom. The number of carbonyl (C=O) groups excluding carboxylic acids is 1. The molecule has 0 bridgehead atoms. The summed E-state index contributed by atoms with van der Waals surface area (Å²) < 4.78 is 0. The SMILES string of the molecule is O=C(O)c1cc(Cl)cc(Cl)c1NC(=O)C1CC(O)CN1. The third-order valence-electron chi connectivity index (χ3n) is 2.96. The second-order valence-corrected chi connectivity index (χ2v) is 5.30. The van der Waals surface area contributed by atoms with Crippen LogP contribution in [0.25, 0.3) is 0 Å². The van der Waals surface area contributed by atoms with Gasteiger partial charge in [0.15, 0.2) is 0 Å². The molecular formula is C12H12Cl2N2O4. The van der Waals surface area contributed by atoms with Gasteiger partial charge in [-0.3, -0.25) is 4.79 Å². The molecule has 1 saturated heterocycles. The van der Waals surface area contributed by atoms with Crippen molar-refractivity contribution in [2.45, 2.75) is 18.6 Å². The first-order valence-corrected chi connectivity index (χ1v) is 6.58. The van der Waals surface area contributed by atoms with Crippen molar-refractivity contribution < 1.29 is 19.8 Å². The van der Waals surface area contributed by atoms with Crippen LogP contribution in [0.5, 0.6) is 0 Å². The van der Waals surface area contributed by atoms with E-state index in [2.05, 4.69) is 10.6 Å². The predicted octanol–water partition coefficient (Wildman–Crippen LogP) is 1.35. The van der Waals surface area contributed by atoms with Crippen LogP contribution >= 0.6 is 23.2 Å². The molecule has 2 atom stereocenters. The maximum Gasteiger partial charge on any atom is 0.337 e. The van der Waals surface area contributed by atoms with Crippen molar-refractivity contribution in [1.82, 2.24) is 5.32 Å². The molecule has 1 heterocycles. The van der Waals surface area contributed by atoms with Gasteiger partial charge in [0, 0.05) is 11.6 Å². The van der Waals surface area contributed by atoms with Crippen molar-refractivity contribution in [3.8, 4) is 0 Å². The Bertz CT molecular complexity index is 565. The van der Waals surface area contributed by atoms with Gasteiger partial charge in [-0.25, -0.2) is 4.79 Å². The molecular weight excluding hydrogens is 307 g/mol. The van der Waals surface area contributed by atoms with Gasteiger partial charge in [0.25, 0.3) is 0 Å². The van der Waals surface area contributed by atoms with Crippen LogP contribution < -0.4 is 10.6 Å². The molecule has 0 aliphatic carbocycles. The van der Waals surface area contributed by atoms with E-state index in [0.717, 1.165) is 0 Å². The number of aliphatic hydroxyl groups is 1. The summed E-state index contributed by atoms with van der Waals surface area (Å²) >= 11 is 11.7. The number of β-amino-alcohol motifs (C(OH)–C–C–N with tert-alkyl or cyclic N) is 1. The molecule has 0 aromatic heterocycles. The van der Waals surface area contributed by atoms with E-state index in [4.69, 9.17) is 28.3 Å². The third-order valence-corrected chi connectivity index (χ3v) is 3.47. The lowest BCUT2D eigenvalue weighted by molar-refractivity contribution is -0.117. The standard InChI is InChI=1S/C12H12Cl2N2O4/c13-5-1-7(12(19)20)10(8(14)2-5)16-11(18)9-3-6(17)4-15-9/h1-2,6,9,15,17H,3-4H2,(H,16,18)(H,19,20). The normalized spacial score (nSPS) is 21.8. The molecule has 4 N–H and O–H groups in total. The molecule has 1 aromatic carbocycles. The molecule has 1 aromatic rings. The first kappa shape index (κ1) is 15.1. The van der Waals surface area contributed by atoms with E-state index in [1.165, 1.54) is 12.1 Å². The lowest BCUT2D eigenvalue weighted by Gasteiger charge is -2.14. The monoisotopic (exact) mass is 318 g/mol. The van der Waals surface area contributed by atoms with Crippen molar-refractivity contribution in [3.63, 3.8) is 0 Å². The van der Waals surface area contributed by atoms with Crippen molar-refractivity contribution in [2.75, 3.05) is 11.9 Å². The lowest BCUT2D eigenvalue weighted by Crippen LogP contribution is -2.36. The van der Waals surface area contributed by atoms with Crippen molar-refractivity contribution >= 4 is 40.8 Å². The van der Waals surface area contributed by atoms with Crippen LogP contribution in [0.1, 0.15) is 16.8 Å². The first-order valence-electron chi connectivity index (χ1n) is 5.83. The van der Waals surface area contributed by atoms with Crippen molar-refractivity contribution in [3.05, 3.63) is 27.7 Å². The Morgan fingerprint density at radius 2 is 2.05 bits per heavy atom. The highest BCUT2D eigenvalue weighted by Gasteiger charge is 2.29. The average molecular weight is 319 g/mol. The summed E-state index contributed by atoms with van der Waals surface area (Å²) in [5.74, 6) is -1.70. The zero-order chi connectivity index (χ0) is 14.9. The number of halogens is 2. The Balaban J connectivity index is 2.24. The van der Waals surface area contributed by atoms with Crippen LogP contribution in [0, 0.1) is 0 Å². The number of hydrogen-bond acceptors (Lipinski definition) is 4. The van der Waals surface area contributed by atoms with Crippen LogP contribution in [0.2, 0.25) is 10.0 Å². The van der Waals surface area contributed by atoms with Gasteiger partial charge in [-0.2, -0.15) is 0 Å². The third kappa shape index (κ3) is 3.21. The maximum absolute atomic E-state index is 12.0. The smallest absolute Gasteiger partial charge is 0.337 e. The van der Waals surface area contributed by atoms with E-state index >= 15 is 0 Å². The lowest BCUT2D eigenvalue weighted by atomic mass is 10.1. The number of amides is 1. The Labute approximate surface area is 124 Å². The molecule has 20 heavy (non-hydrogen) atoms. The molecule has 6 nitrogen and oxygen atoms in total. The Kier molecular flexibility index (Phi) is 4.49. The second-order valence-electron chi connectivity index (χ2n) is 4.45. The number of carboxylic acids is 1. The van der Waals surface area contributed by atoms with E-state index in [1.807, 2.05) is 0 Å². The fraction of sp³-hybridized carbons (Fsp3) is 0.333. The summed E-state index contributed by atoms with van der Waals surface area (Å²) in [7, 11) is 0. The van der Waals surface area contributed by atoms with Gasteiger partial charge in [-0.1, -0.05) is 23.2 Å². The fourth-order valence-corrected chi connectivity index (χ4v) is 2.54. The zero-order valence-corrected chi connectivity index (χ0v) is 11.7. The van der Waals surface area contributed by atoms with E-state index in [0.29, 0.717) is 6.54 Å². The van der Waals surface area contributed by atoms with Gasteiger partial charge in [0.2, 0.25) is 5.91 Å². The van der Waals surface area contributed by atoms with Crippen LogP contribution in [0.15, 0.2) is 12.1 Å². The van der Waals surface area contributed by atoms with Crippen molar-refractivity contribution in [2.24, 2.45) is 0 Å². The molecule has 2 rings (SSSR count). The number of carboxylic acid groups (broad SMARTS) is 1. The van der Waals surface area contributed by atoms with E-state index in [-0.39, 0.29) is 27.7 Å². The fourth-order valence-electron chi connectivity index (χ4n) is 2.00. The van der Waals surface area contributed by atoms with E-state index in [1.54, 1.807) is 0 Å². The molecule has 8 heteroatoms. The highest BCUT2D eigenvalue weighted by atomic mass is 35.5. The first-order chi connectivity index (χ1) is 9.38. The molecule has 2 unspecified atom stereocenters. The maximum atomic E-state index is 12.0. The summed E-state index contributed by atoms with van der Waals surface area (Å²) in [6.45, 7) is 0.318. The number of hydrogen-bond donors (Lipinski definition) is 4. The molecule has 1 aliphatic heterocycles. The Morgan fingerprint density at radius 1 is 1.35 bits per heavy atom. The minimum Gasteiger partial charge on any atom is -0.478 e. The summed E-state index contributed by atoms with van der Waals surface area (Å²) in [6.07, 6.45) is -0.329. The molecule has 108 valence electrons. The minimum absolute atomic E-state index is 0.00300. The molecule has 1 fully saturated rings. The van der Waals surface area contributed by atoms with Gasteiger partial charge < -0.3 is 20.8 Å². The van der Waals surface area contributed by atoms with Gasteiger partial charge in [-0.05, 0) is 18.6 Å². The van der Waals surface area contributed by atoms with Crippen LogP contribution in [-0.4, -0.2) is 40.8 Å². The van der Waals surface area contributed by atoms with E-state index < -0.39 is 24.0 Å². The van der Waals surface area contributed by atoms with Crippen molar-refractivity contribution in [1.29, 1.82) is 0 Å². The number of nitrogens with one attached hydrogen (secondary N) is 2. The highest BCUT2D eigenvalue weighted by molar-refractivity contribution is 6.37. The summed E-state index contributed by atoms with van der Waals surface area (Å²) in [6, 6.07) is 1.98. The molecule has 1 amide bonds. The zero-order valence-electron chi connectivity index (χ0n) is 10.2. The quantitative estimate of drug-likeness (QED) is 0.674. The van der Waals surface area contributed by atoms with Gasteiger partial charge in [-0.15, -0.1) is 0 Å². The number of rotatable bonds is 3. The Hall–Kier alpha value is -1.34. The van der Waals surface area contributed by atoms with Gasteiger partial charge in [0.05, 0.1) is 28.4 Å². The molecule has 0 saturated carbocycles. The number of benzene rings is 1. The second kappa shape index (κ2) is 5.97. The summed E-state index contributed by atoms with van der Waals surface area (Å²) in [5.41, 5.74) is -0.189. The summed E-state index contributed by atoms with van der Waals surface area (Å²) in [4.78, 5) is 23.2. The predicted molar refractivity (Wildman–Crippen MR) is 74.5 cm³/mol. The van der Waals surface area contributed by atoms with Crippen LogP contribution in [0.3, 0.4) is 0 Å². The molecule has 1 aliphatic rings. The largest absolute Gasteiger partial charge is 0.478 e. The summed E-state index contributed by atoms with van der Waals surface area (Å²) in [5, 5.41) is 24.0. The number of aliphatic hydroxyl groups excluding tert-OH is 1. The minimum atomic E-state index is -1.25. The van der Waals surface area contributed by atoms with Crippen LogP contribution in [0.4, 0.5) is 5.69 Å². The number of anilines is 1. The average Bonchev–Trinajstić information content (AvgIpc) is 2.78. The van der Waals surface area contributed by atoms with Gasteiger partial charge in [0.1, 0.15) is 0 Å².